The van der Waals surface area contributed by atoms with E-state index in [1.54, 1.807) is 11.3 Å². The Bertz CT molecular complexity index is 570. The lowest BCUT2D eigenvalue weighted by atomic mass is 9.82. The van der Waals surface area contributed by atoms with Gasteiger partial charge >= 0.3 is 0 Å². The first-order valence-electron chi connectivity index (χ1n) is 8.74. The number of amides is 1. The van der Waals surface area contributed by atoms with E-state index in [1.807, 2.05) is 5.51 Å². The van der Waals surface area contributed by atoms with Gasteiger partial charge in [0.1, 0.15) is 0 Å². The Hall–Kier alpha value is -0.980. The first-order valence-corrected chi connectivity index (χ1v) is 9.62. The van der Waals surface area contributed by atoms with E-state index in [0.29, 0.717) is 11.8 Å². The van der Waals surface area contributed by atoms with Gasteiger partial charge in [0.05, 0.1) is 23.2 Å². The van der Waals surface area contributed by atoms with Crippen molar-refractivity contribution in [2.75, 3.05) is 32.8 Å². The molecule has 0 N–H and O–H groups in total. The van der Waals surface area contributed by atoms with E-state index >= 15 is 0 Å². The number of likely N-dealkylation sites (tertiary alicyclic amines) is 2. The average Bonchev–Trinajstić information content (AvgIpc) is 3.28. The van der Waals surface area contributed by atoms with Gasteiger partial charge < -0.3 is 9.64 Å². The molecule has 23 heavy (non-hydrogen) atoms. The largest absolute Gasteiger partial charge is 0.377 e. The molecule has 4 heterocycles. The molecular formula is C17H25N3O2S. The molecule has 6 heteroatoms. The summed E-state index contributed by atoms with van der Waals surface area (Å²) in [7, 11) is 0. The minimum atomic E-state index is 0.113. The van der Waals surface area contributed by atoms with E-state index < -0.39 is 0 Å². The summed E-state index contributed by atoms with van der Waals surface area (Å²) < 4.78 is 5.95. The molecule has 3 fully saturated rings. The highest BCUT2D eigenvalue weighted by molar-refractivity contribution is 7.09. The van der Waals surface area contributed by atoms with Crippen molar-refractivity contribution in [2.24, 2.45) is 11.8 Å². The number of aryl methyl sites for hydroxylation is 1. The first kappa shape index (κ1) is 15.5. The van der Waals surface area contributed by atoms with Crippen LogP contribution < -0.4 is 0 Å². The van der Waals surface area contributed by atoms with E-state index in [1.165, 1.54) is 4.88 Å². The molecule has 0 spiro atoms. The maximum Gasteiger partial charge on any atom is 0.227 e. The van der Waals surface area contributed by atoms with Crippen LogP contribution >= 0.6 is 11.3 Å². The van der Waals surface area contributed by atoms with Gasteiger partial charge in [-0.05, 0) is 26.2 Å². The van der Waals surface area contributed by atoms with Gasteiger partial charge in [0, 0.05) is 50.1 Å². The predicted octanol–water partition coefficient (Wildman–Crippen LogP) is 1.91. The number of ether oxygens (including phenoxy) is 1. The van der Waals surface area contributed by atoms with Gasteiger partial charge in [0.25, 0.3) is 0 Å². The molecule has 4 rings (SSSR count). The van der Waals surface area contributed by atoms with E-state index in [2.05, 4.69) is 21.7 Å². The Balaban J connectivity index is 1.50. The number of fused-ring (bicyclic) bond motifs is 1. The van der Waals surface area contributed by atoms with Crippen LogP contribution in [0.2, 0.25) is 0 Å². The monoisotopic (exact) mass is 335 g/mol. The second kappa shape index (κ2) is 6.49. The first-order chi connectivity index (χ1) is 11.2. The van der Waals surface area contributed by atoms with Gasteiger partial charge in [-0.25, -0.2) is 4.98 Å². The summed E-state index contributed by atoms with van der Waals surface area (Å²) in [5.74, 6) is 0.901. The van der Waals surface area contributed by atoms with Crippen LogP contribution in [-0.2, 0) is 16.1 Å². The van der Waals surface area contributed by atoms with E-state index in [4.69, 9.17) is 4.74 Å². The molecule has 126 valence electrons. The summed E-state index contributed by atoms with van der Waals surface area (Å²) in [6.07, 6.45) is 3.59. The van der Waals surface area contributed by atoms with Gasteiger partial charge in [-0.3, -0.25) is 9.69 Å². The number of hydrogen-bond donors (Lipinski definition) is 0. The Labute approximate surface area is 141 Å². The van der Waals surface area contributed by atoms with Gasteiger partial charge in [0.2, 0.25) is 5.91 Å². The Kier molecular flexibility index (Phi) is 4.39. The number of thiazole rings is 1. The Morgan fingerprint density at radius 2 is 2.22 bits per heavy atom. The number of nitrogens with zero attached hydrogens (tertiary/aromatic N) is 3. The number of carbonyl (C=O) groups is 1. The van der Waals surface area contributed by atoms with Crippen molar-refractivity contribution in [2.45, 2.75) is 38.8 Å². The average molecular weight is 335 g/mol. The second-order valence-corrected chi connectivity index (χ2v) is 8.00. The lowest BCUT2D eigenvalue weighted by Crippen LogP contribution is -2.52. The summed E-state index contributed by atoms with van der Waals surface area (Å²) in [6, 6.07) is 0. The van der Waals surface area contributed by atoms with Gasteiger partial charge in [-0.15, -0.1) is 11.3 Å². The van der Waals surface area contributed by atoms with Crippen LogP contribution in [0.5, 0.6) is 0 Å². The van der Waals surface area contributed by atoms with Crippen LogP contribution in [0.4, 0.5) is 0 Å². The minimum Gasteiger partial charge on any atom is -0.377 e. The number of carbonyl (C=O) groups excluding carboxylic acids is 1. The van der Waals surface area contributed by atoms with Crippen LogP contribution in [0.3, 0.4) is 0 Å². The molecule has 0 bridgehead atoms. The number of piperidine rings is 1. The molecule has 1 aromatic heterocycles. The van der Waals surface area contributed by atoms with Gasteiger partial charge in [0.15, 0.2) is 0 Å². The number of rotatable bonds is 3. The van der Waals surface area contributed by atoms with Crippen molar-refractivity contribution >= 4 is 17.2 Å². The number of aromatic nitrogens is 1. The zero-order chi connectivity index (χ0) is 15.8. The van der Waals surface area contributed by atoms with Gasteiger partial charge in [-0.2, -0.15) is 0 Å². The third kappa shape index (κ3) is 3.04. The molecule has 3 aliphatic heterocycles. The molecule has 1 amide bonds. The molecule has 0 aliphatic carbocycles. The summed E-state index contributed by atoms with van der Waals surface area (Å²) in [6.45, 7) is 7.49. The molecule has 3 saturated heterocycles. The molecule has 3 atom stereocenters. The lowest BCUT2D eigenvalue weighted by molar-refractivity contribution is -0.140. The van der Waals surface area contributed by atoms with Crippen molar-refractivity contribution < 1.29 is 9.53 Å². The SMILES string of the molecule is Cc1ncsc1CN1C[C@H](C(=O)N2CCCC2)[C@@H]2CCO[C@@H]2C1. The summed E-state index contributed by atoms with van der Waals surface area (Å²) in [5, 5.41) is 0. The quantitative estimate of drug-likeness (QED) is 0.846. The molecule has 0 aromatic carbocycles. The summed E-state index contributed by atoms with van der Waals surface area (Å²) >= 11 is 1.71. The van der Waals surface area contributed by atoms with Crippen molar-refractivity contribution in [1.82, 2.24) is 14.8 Å². The van der Waals surface area contributed by atoms with Gasteiger partial charge in [-0.1, -0.05) is 0 Å². The van der Waals surface area contributed by atoms with Crippen LogP contribution in [0.15, 0.2) is 5.51 Å². The summed E-state index contributed by atoms with van der Waals surface area (Å²) in [4.78, 5) is 23.1. The topological polar surface area (TPSA) is 45.7 Å². The van der Waals surface area contributed by atoms with Crippen molar-refractivity contribution in [3.05, 3.63) is 16.1 Å². The van der Waals surface area contributed by atoms with Crippen LogP contribution in [0, 0.1) is 18.8 Å². The van der Waals surface area contributed by atoms with E-state index in [-0.39, 0.29) is 12.0 Å². The molecular weight excluding hydrogens is 310 g/mol. The highest BCUT2D eigenvalue weighted by atomic mass is 32.1. The van der Waals surface area contributed by atoms with Crippen LogP contribution in [0.25, 0.3) is 0 Å². The third-order valence-electron chi connectivity index (χ3n) is 5.62. The van der Waals surface area contributed by atoms with E-state index in [0.717, 1.165) is 64.3 Å². The van der Waals surface area contributed by atoms with E-state index in [9.17, 15) is 4.79 Å². The third-order valence-corrected chi connectivity index (χ3v) is 6.54. The molecule has 0 unspecified atom stereocenters. The Morgan fingerprint density at radius 3 is 2.96 bits per heavy atom. The standard InChI is InChI=1S/C17H25N3O2S/c1-12-16(23-11-18-12)10-19-8-14(13-4-7-22-15(13)9-19)17(21)20-5-2-3-6-20/h11,13-15H,2-10H2,1H3/t13-,14-,15+/m0/s1. The van der Waals surface area contributed by atoms with Crippen molar-refractivity contribution in [3.8, 4) is 0 Å². The fourth-order valence-corrected chi connectivity index (χ4v) is 5.12. The highest BCUT2D eigenvalue weighted by Gasteiger charge is 2.45. The Morgan fingerprint density at radius 1 is 1.39 bits per heavy atom. The van der Waals surface area contributed by atoms with Crippen molar-refractivity contribution in [1.29, 1.82) is 0 Å². The van der Waals surface area contributed by atoms with Crippen LogP contribution in [-0.4, -0.2) is 59.6 Å². The maximum absolute atomic E-state index is 13.0. The minimum absolute atomic E-state index is 0.113. The zero-order valence-corrected chi connectivity index (χ0v) is 14.6. The predicted molar refractivity (Wildman–Crippen MR) is 89.3 cm³/mol. The maximum atomic E-state index is 13.0. The van der Waals surface area contributed by atoms with Crippen molar-refractivity contribution in [3.63, 3.8) is 0 Å². The lowest BCUT2D eigenvalue weighted by Gasteiger charge is -2.40. The fraction of sp³-hybridized carbons (Fsp3) is 0.765. The molecule has 0 saturated carbocycles. The smallest absolute Gasteiger partial charge is 0.227 e. The number of hydrogen-bond acceptors (Lipinski definition) is 5. The molecule has 0 radical (unpaired) electrons. The fourth-order valence-electron chi connectivity index (χ4n) is 4.30. The van der Waals surface area contributed by atoms with Crippen LogP contribution in [0.1, 0.15) is 29.8 Å². The normalized spacial score (nSPS) is 31.5. The molecule has 5 nitrogen and oxygen atoms in total. The second-order valence-electron chi connectivity index (χ2n) is 7.06. The molecule has 3 aliphatic rings. The highest BCUT2D eigenvalue weighted by Crippen LogP contribution is 2.36. The molecule has 1 aromatic rings. The summed E-state index contributed by atoms with van der Waals surface area (Å²) in [5.41, 5.74) is 3.03. The zero-order valence-electron chi connectivity index (χ0n) is 13.7.